The van der Waals surface area contributed by atoms with E-state index in [-0.39, 0.29) is 10.6 Å². The van der Waals surface area contributed by atoms with Crippen LogP contribution in [0.25, 0.3) is 17.4 Å². The molecule has 2 heterocycles. The number of benzene rings is 2. The summed E-state index contributed by atoms with van der Waals surface area (Å²) in [6.07, 6.45) is 1.45. The molecule has 1 fully saturated rings. The third-order valence-corrected chi connectivity index (χ3v) is 5.47. The average Bonchev–Trinajstić information content (AvgIpc) is 3.29. The lowest BCUT2D eigenvalue weighted by Gasteiger charge is -2.12. The van der Waals surface area contributed by atoms with E-state index in [0.717, 1.165) is 16.5 Å². The first-order valence-corrected chi connectivity index (χ1v) is 10.2. The van der Waals surface area contributed by atoms with Gasteiger partial charge in [-0.1, -0.05) is 17.7 Å². The summed E-state index contributed by atoms with van der Waals surface area (Å²) in [6.45, 7) is -0.479. The van der Waals surface area contributed by atoms with E-state index in [0.29, 0.717) is 28.3 Å². The van der Waals surface area contributed by atoms with Crippen molar-refractivity contribution < 1.29 is 23.2 Å². The van der Waals surface area contributed by atoms with Crippen LogP contribution in [0.3, 0.4) is 0 Å². The maximum atomic E-state index is 13.2. The summed E-state index contributed by atoms with van der Waals surface area (Å²) in [5, 5.41) is 2.49. The van der Waals surface area contributed by atoms with Crippen LogP contribution in [-0.2, 0) is 9.59 Å². The van der Waals surface area contributed by atoms with Gasteiger partial charge in [-0.05, 0) is 66.4 Å². The van der Waals surface area contributed by atoms with Crippen molar-refractivity contribution in [2.45, 2.75) is 0 Å². The predicted octanol–water partition coefficient (Wildman–Crippen LogP) is 5.41. The van der Waals surface area contributed by atoms with Crippen molar-refractivity contribution in [3.63, 3.8) is 0 Å². The fourth-order valence-electron chi connectivity index (χ4n) is 2.88. The quantitative estimate of drug-likeness (QED) is 0.519. The summed E-state index contributed by atoms with van der Waals surface area (Å²) < 4.78 is 19.0. The molecule has 0 radical (unpaired) electrons. The van der Waals surface area contributed by atoms with Crippen LogP contribution < -0.4 is 5.32 Å². The molecule has 9 heteroatoms. The second kappa shape index (κ2) is 8.79. The SMILES string of the molecule is O=C(CN1C(=O)S/C(=C/c2ccc(-c3ccc(Cl)cc3)o2)C1=O)Nc1cccc(F)c1. The molecule has 1 saturated heterocycles. The van der Waals surface area contributed by atoms with Crippen molar-refractivity contribution in [1.82, 2.24) is 4.90 Å². The van der Waals surface area contributed by atoms with Gasteiger partial charge in [-0.25, -0.2) is 4.39 Å². The van der Waals surface area contributed by atoms with Gasteiger partial charge < -0.3 is 9.73 Å². The molecule has 0 bridgehead atoms. The fourth-order valence-corrected chi connectivity index (χ4v) is 3.82. The van der Waals surface area contributed by atoms with Crippen LogP contribution in [0.2, 0.25) is 5.02 Å². The molecule has 3 amide bonds. The number of thioether (sulfide) groups is 1. The third-order valence-electron chi connectivity index (χ3n) is 4.31. The van der Waals surface area contributed by atoms with Gasteiger partial charge in [0.15, 0.2) is 0 Å². The number of furan rings is 1. The molecule has 156 valence electrons. The first-order chi connectivity index (χ1) is 14.9. The molecule has 1 aliphatic rings. The van der Waals surface area contributed by atoms with E-state index >= 15 is 0 Å². The van der Waals surface area contributed by atoms with E-state index in [1.54, 1.807) is 36.4 Å². The van der Waals surface area contributed by atoms with Crippen LogP contribution in [0, 0.1) is 5.82 Å². The Hall–Kier alpha value is -3.36. The highest BCUT2D eigenvalue weighted by Crippen LogP contribution is 2.33. The number of imide groups is 1. The maximum Gasteiger partial charge on any atom is 0.294 e. The molecule has 2 aromatic carbocycles. The van der Waals surface area contributed by atoms with Crippen LogP contribution >= 0.6 is 23.4 Å². The zero-order valence-corrected chi connectivity index (χ0v) is 17.4. The Morgan fingerprint density at radius 3 is 2.65 bits per heavy atom. The Balaban J connectivity index is 1.45. The van der Waals surface area contributed by atoms with Crippen LogP contribution in [0.15, 0.2) is 70.0 Å². The van der Waals surface area contributed by atoms with Crippen molar-refractivity contribution in [3.05, 3.63) is 82.2 Å². The zero-order chi connectivity index (χ0) is 22.0. The third kappa shape index (κ3) is 4.87. The molecule has 0 spiro atoms. The van der Waals surface area contributed by atoms with Gasteiger partial charge in [0.25, 0.3) is 11.1 Å². The molecular weight excluding hydrogens is 443 g/mol. The molecule has 3 aromatic rings. The maximum absolute atomic E-state index is 13.2. The number of anilines is 1. The number of amides is 3. The Kier molecular flexibility index (Phi) is 5.92. The Morgan fingerprint density at radius 2 is 1.90 bits per heavy atom. The molecule has 4 rings (SSSR count). The van der Waals surface area contributed by atoms with Crippen LogP contribution in [-0.4, -0.2) is 28.5 Å². The smallest absolute Gasteiger partial charge is 0.294 e. The predicted molar refractivity (Wildman–Crippen MR) is 117 cm³/mol. The van der Waals surface area contributed by atoms with Crippen LogP contribution in [0.4, 0.5) is 14.9 Å². The molecule has 0 aliphatic carbocycles. The Labute approximate surface area is 185 Å². The summed E-state index contributed by atoms with van der Waals surface area (Å²) in [5.41, 5.74) is 1.05. The minimum Gasteiger partial charge on any atom is -0.457 e. The van der Waals surface area contributed by atoms with Crippen LogP contribution in [0.1, 0.15) is 5.76 Å². The van der Waals surface area contributed by atoms with Gasteiger partial charge in [-0.15, -0.1) is 0 Å². The van der Waals surface area contributed by atoms with E-state index in [9.17, 15) is 18.8 Å². The fraction of sp³-hybridized carbons (Fsp3) is 0.0455. The lowest BCUT2D eigenvalue weighted by atomic mass is 10.2. The van der Waals surface area contributed by atoms with Gasteiger partial charge in [-0.2, -0.15) is 0 Å². The molecule has 31 heavy (non-hydrogen) atoms. The van der Waals surface area contributed by atoms with Crippen molar-refractivity contribution in [2.75, 3.05) is 11.9 Å². The van der Waals surface area contributed by atoms with E-state index < -0.39 is 29.4 Å². The number of nitrogens with one attached hydrogen (secondary N) is 1. The highest BCUT2D eigenvalue weighted by Gasteiger charge is 2.36. The van der Waals surface area contributed by atoms with E-state index in [1.807, 2.05) is 0 Å². The zero-order valence-electron chi connectivity index (χ0n) is 15.8. The summed E-state index contributed by atoms with van der Waals surface area (Å²) in [6, 6.07) is 15.8. The van der Waals surface area contributed by atoms with Crippen molar-refractivity contribution in [1.29, 1.82) is 0 Å². The van der Waals surface area contributed by atoms with E-state index in [2.05, 4.69) is 5.32 Å². The number of nitrogens with zero attached hydrogens (tertiary/aromatic N) is 1. The van der Waals surface area contributed by atoms with E-state index in [4.69, 9.17) is 16.0 Å². The first-order valence-electron chi connectivity index (χ1n) is 9.05. The number of halogens is 2. The second-order valence-electron chi connectivity index (χ2n) is 6.54. The molecular formula is C22H14ClFN2O4S. The van der Waals surface area contributed by atoms with Crippen molar-refractivity contribution >= 4 is 52.2 Å². The Bertz CT molecular complexity index is 1210. The molecule has 6 nitrogen and oxygen atoms in total. The van der Waals surface area contributed by atoms with Gasteiger partial charge >= 0.3 is 0 Å². The van der Waals surface area contributed by atoms with Crippen LogP contribution in [0.5, 0.6) is 0 Å². The average molecular weight is 457 g/mol. The molecule has 1 aliphatic heterocycles. The molecule has 0 unspecified atom stereocenters. The van der Waals surface area contributed by atoms with Gasteiger partial charge in [-0.3, -0.25) is 19.3 Å². The molecule has 0 atom stereocenters. The lowest BCUT2D eigenvalue weighted by molar-refractivity contribution is -0.127. The highest BCUT2D eigenvalue weighted by atomic mass is 35.5. The Morgan fingerprint density at radius 1 is 1.13 bits per heavy atom. The number of hydrogen-bond acceptors (Lipinski definition) is 5. The monoisotopic (exact) mass is 456 g/mol. The number of carbonyl (C=O) groups is 3. The summed E-state index contributed by atoms with van der Waals surface area (Å²) in [4.78, 5) is 38.0. The van der Waals surface area contributed by atoms with Crippen molar-refractivity contribution in [2.24, 2.45) is 0 Å². The van der Waals surface area contributed by atoms with Gasteiger partial charge in [0.2, 0.25) is 5.91 Å². The number of carbonyl (C=O) groups excluding carboxylic acids is 3. The number of rotatable bonds is 5. The number of hydrogen-bond donors (Lipinski definition) is 1. The second-order valence-corrected chi connectivity index (χ2v) is 7.96. The standard InChI is InChI=1S/C22H14ClFN2O4S/c23-14-6-4-13(5-7-14)18-9-8-17(30-18)11-19-21(28)26(22(29)31-19)12-20(27)25-16-3-1-2-15(24)10-16/h1-11H,12H2,(H,25,27)/b19-11+. The van der Waals surface area contributed by atoms with E-state index in [1.165, 1.54) is 24.3 Å². The summed E-state index contributed by atoms with van der Waals surface area (Å²) >= 11 is 6.60. The summed E-state index contributed by atoms with van der Waals surface area (Å²) in [5.74, 6) is -0.759. The molecule has 1 aromatic heterocycles. The van der Waals surface area contributed by atoms with Crippen molar-refractivity contribution in [3.8, 4) is 11.3 Å². The minimum atomic E-state index is -0.614. The lowest BCUT2D eigenvalue weighted by Crippen LogP contribution is -2.36. The first kappa shape index (κ1) is 20.9. The van der Waals surface area contributed by atoms with Gasteiger partial charge in [0.1, 0.15) is 23.9 Å². The summed E-state index contributed by atoms with van der Waals surface area (Å²) in [7, 11) is 0. The van der Waals surface area contributed by atoms with Gasteiger partial charge in [0, 0.05) is 22.3 Å². The highest BCUT2D eigenvalue weighted by molar-refractivity contribution is 8.18. The normalized spacial score (nSPS) is 15.0. The molecule has 0 saturated carbocycles. The van der Waals surface area contributed by atoms with Gasteiger partial charge in [0.05, 0.1) is 4.91 Å². The topological polar surface area (TPSA) is 79.6 Å². The largest absolute Gasteiger partial charge is 0.457 e. The minimum absolute atomic E-state index is 0.139. The molecule has 1 N–H and O–H groups in total.